The first kappa shape index (κ1) is 18.6. The molecule has 1 amide bonds. The fourth-order valence-corrected chi connectivity index (χ4v) is 4.38. The molecule has 28 heavy (non-hydrogen) atoms. The average molecular weight is 393 g/mol. The van der Waals surface area contributed by atoms with Crippen LogP contribution in [0.2, 0.25) is 0 Å². The highest BCUT2D eigenvalue weighted by atomic mass is 32.1. The molecule has 2 heterocycles. The lowest BCUT2D eigenvalue weighted by molar-refractivity contribution is -0.122. The second kappa shape index (κ2) is 8.52. The molecular formula is C22H24N4OS. The first-order valence-electron chi connectivity index (χ1n) is 9.69. The van der Waals surface area contributed by atoms with E-state index in [0.29, 0.717) is 6.42 Å². The maximum absolute atomic E-state index is 12.9. The summed E-state index contributed by atoms with van der Waals surface area (Å²) in [7, 11) is 0. The zero-order valence-corrected chi connectivity index (χ0v) is 16.7. The molecule has 0 radical (unpaired) electrons. The van der Waals surface area contributed by atoms with Crippen molar-refractivity contribution >= 4 is 22.6 Å². The largest absolute Gasteiger partial charge is 0.348 e. The third-order valence-electron chi connectivity index (χ3n) is 5.12. The van der Waals surface area contributed by atoms with Gasteiger partial charge in [0.05, 0.1) is 6.04 Å². The van der Waals surface area contributed by atoms with Crippen LogP contribution in [0.25, 0.3) is 0 Å². The Morgan fingerprint density at radius 1 is 1.18 bits per heavy atom. The number of benzene rings is 2. The van der Waals surface area contributed by atoms with E-state index in [-0.39, 0.29) is 18.0 Å². The van der Waals surface area contributed by atoms with Gasteiger partial charge in [-0.15, -0.1) is 0 Å². The molecular weight excluding hydrogens is 368 g/mol. The lowest BCUT2D eigenvalue weighted by atomic mass is 10.1. The number of nitrogens with one attached hydrogen (secondary N) is 1. The topological polar surface area (TPSA) is 58.1 Å². The molecule has 6 heteroatoms. The van der Waals surface area contributed by atoms with Crippen LogP contribution in [0, 0.1) is 0 Å². The Labute approximate surface area is 169 Å². The molecule has 1 N–H and O–H groups in total. The molecule has 3 aromatic rings. The zero-order chi connectivity index (χ0) is 19.3. The van der Waals surface area contributed by atoms with Crippen molar-refractivity contribution in [2.75, 3.05) is 11.4 Å². The van der Waals surface area contributed by atoms with Crippen molar-refractivity contribution in [2.45, 2.75) is 38.3 Å². The molecule has 1 saturated heterocycles. The summed E-state index contributed by atoms with van der Waals surface area (Å²) in [5.74, 6) is 0.878. The zero-order valence-electron chi connectivity index (χ0n) is 15.9. The van der Waals surface area contributed by atoms with Gasteiger partial charge in [-0.2, -0.15) is 4.37 Å². The van der Waals surface area contributed by atoms with E-state index in [2.05, 4.69) is 26.7 Å². The molecule has 144 valence electrons. The number of aromatic nitrogens is 2. The SMILES string of the molecule is CC(NC(=O)C1CCCN1c1nc(Cc2ccccc2)ns1)c1ccccc1. The van der Waals surface area contributed by atoms with Crippen LogP contribution < -0.4 is 10.2 Å². The highest BCUT2D eigenvalue weighted by molar-refractivity contribution is 7.09. The van der Waals surface area contributed by atoms with Crippen molar-refractivity contribution in [1.29, 1.82) is 0 Å². The molecule has 0 bridgehead atoms. The Kier molecular flexibility index (Phi) is 5.67. The van der Waals surface area contributed by atoms with Crippen molar-refractivity contribution in [3.63, 3.8) is 0 Å². The first-order chi connectivity index (χ1) is 13.7. The molecule has 2 aromatic carbocycles. The summed E-state index contributed by atoms with van der Waals surface area (Å²) in [5, 5.41) is 4.00. The lowest BCUT2D eigenvalue weighted by Gasteiger charge is -2.24. The Morgan fingerprint density at radius 3 is 2.64 bits per heavy atom. The molecule has 0 spiro atoms. The van der Waals surface area contributed by atoms with Crippen LogP contribution in [0.5, 0.6) is 0 Å². The lowest BCUT2D eigenvalue weighted by Crippen LogP contribution is -2.44. The van der Waals surface area contributed by atoms with Crippen molar-refractivity contribution in [3.8, 4) is 0 Å². The molecule has 1 fully saturated rings. The van der Waals surface area contributed by atoms with Gasteiger partial charge < -0.3 is 10.2 Å². The van der Waals surface area contributed by atoms with Crippen LogP contribution >= 0.6 is 11.5 Å². The highest BCUT2D eigenvalue weighted by Gasteiger charge is 2.33. The third-order valence-corrected chi connectivity index (χ3v) is 5.91. The van der Waals surface area contributed by atoms with E-state index in [1.54, 1.807) is 0 Å². The first-order valence-corrected chi connectivity index (χ1v) is 10.5. The van der Waals surface area contributed by atoms with Crippen LogP contribution in [-0.2, 0) is 11.2 Å². The minimum atomic E-state index is -0.177. The van der Waals surface area contributed by atoms with Gasteiger partial charge in [-0.1, -0.05) is 60.7 Å². The fraction of sp³-hybridized carbons (Fsp3) is 0.318. The fourth-order valence-electron chi connectivity index (χ4n) is 3.61. The van der Waals surface area contributed by atoms with Crippen LogP contribution in [0.15, 0.2) is 60.7 Å². The second-order valence-electron chi connectivity index (χ2n) is 7.15. The summed E-state index contributed by atoms with van der Waals surface area (Å²) in [5.41, 5.74) is 2.31. The third kappa shape index (κ3) is 4.22. The number of amides is 1. The van der Waals surface area contributed by atoms with Crippen molar-refractivity contribution < 1.29 is 4.79 Å². The molecule has 0 aliphatic carbocycles. The summed E-state index contributed by atoms with van der Waals surface area (Å²) in [6, 6.07) is 20.1. The average Bonchev–Trinajstić information content (AvgIpc) is 3.38. The van der Waals surface area contributed by atoms with E-state index in [4.69, 9.17) is 4.98 Å². The predicted octanol–water partition coefficient (Wildman–Crippen LogP) is 3.98. The highest BCUT2D eigenvalue weighted by Crippen LogP contribution is 2.28. The van der Waals surface area contributed by atoms with Crippen LogP contribution in [0.3, 0.4) is 0 Å². The van der Waals surface area contributed by atoms with Gasteiger partial charge in [0.2, 0.25) is 11.0 Å². The Morgan fingerprint density at radius 2 is 1.89 bits per heavy atom. The normalized spacial score (nSPS) is 17.5. The van der Waals surface area contributed by atoms with Gasteiger partial charge in [0.15, 0.2) is 0 Å². The smallest absolute Gasteiger partial charge is 0.243 e. The number of hydrogen-bond acceptors (Lipinski definition) is 5. The van der Waals surface area contributed by atoms with E-state index in [9.17, 15) is 4.79 Å². The van der Waals surface area contributed by atoms with E-state index in [1.807, 2.05) is 55.5 Å². The van der Waals surface area contributed by atoms with Gasteiger partial charge in [-0.25, -0.2) is 4.98 Å². The van der Waals surface area contributed by atoms with Crippen molar-refractivity contribution in [2.24, 2.45) is 0 Å². The maximum atomic E-state index is 12.9. The van der Waals surface area contributed by atoms with Gasteiger partial charge in [0.1, 0.15) is 11.9 Å². The Bertz CT molecular complexity index is 913. The predicted molar refractivity (Wildman–Crippen MR) is 113 cm³/mol. The van der Waals surface area contributed by atoms with Gasteiger partial charge in [-0.05, 0) is 30.9 Å². The molecule has 1 aliphatic rings. The van der Waals surface area contributed by atoms with Crippen LogP contribution in [0.1, 0.15) is 42.8 Å². The number of carbonyl (C=O) groups excluding carboxylic acids is 1. The molecule has 5 nitrogen and oxygen atoms in total. The van der Waals surface area contributed by atoms with Gasteiger partial charge >= 0.3 is 0 Å². The number of rotatable bonds is 6. The van der Waals surface area contributed by atoms with E-state index >= 15 is 0 Å². The summed E-state index contributed by atoms with van der Waals surface area (Å²) >= 11 is 1.39. The van der Waals surface area contributed by atoms with Crippen LogP contribution in [-0.4, -0.2) is 27.9 Å². The monoisotopic (exact) mass is 392 g/mol. The molecule has 0 saturated carbocycles. The summed E-state index contributed by atoms with van der Waals surface area (Å²) in [6.45, 7) is 2.87. The van der Waals surface area contributed by atoms with E-state index in [1.165, 1.54) is 17.1 Å². The van der Waals surface area contributed by atoms with Crippen molar-refractivity contribution in [1.82, 2.24) is 14.7 Å². The molecule has 1 aliphatic heterocycles. The van der Waals surface area contributed by atoms with Gasteiger partial charge in [-0.3, -0.25) is 4.79 Å². The van der Waals surface area contributed by atoms with E-state index < -0.39 is 0 Å². The standard InChI is InChI=1S/C22H24N4OS/c1-16(18-11-6-3-7-12-18)23-21(27)19-13-8-14-26(19)22-24-20(25-28-22)15-17-9-4-2-5-10-17/h2-7,9-12,16,19H,8,13-15H2,1H3,(H,23,27). The number of anilines is 1. The summed E-state index contributed by atoms with van der Waals surface area (Å²) < 4.78 is 4.52. The molecule has 4 rings (SSSR count). The van der Waals surface area contributed by atoms with Gasteiger partial charge in [0.25, 0.3) is 0 Å². The quantitative estimate of drug-likeness (QED) is 0.689. The molecule has 2 atom stereocenters. The van der Waals surface area contributed by atoms with E-state index in [0.717, 1.165) is 35.9 Å². The summed E-state index contributed by atoms with van der Waals surface area (Å²) in [6.07, 6.45) is 2.55. The van der Waals surface area contributed by atoms with Gasteiger partial charge in [0, 0.05) is 24.5 Å². The molecule has 1 aromatic heterocycles. The Hall–Kier alpha value is -2.73. The Balaban J connectivity index is 1.42. The minimum absolute atomic E-state index is 0.0146. The number of carbonyl (C=O) groups is 1. The minimum Gasteiger partial charge on any atom is -0.348 e. The summed E-state index contributed by atoms with van der Waals surface area (Å²) in [4.78, 5) is 19.7. The maximum Gasteiger partial charge on any atom is 0.243 e. The van der Waals surface area contributed by atoms with Crippen LogP contribution in [0.4, 0.5) is 5.13 Å². The number of nitrogens with zero attached hydrogens (tertiary/aromatic N) is 3. The number of hydrogen-bond donors (Lipinski definition) is 1. The molecule has 2 unspecified atom stereocenters. The van der Waals surface area contributed by atoms with Crippen molar-refractivity contribution in [3.05, 3.63) is 77.6 Å². The second-order valence-corrected chi connectivity index (χ2v) is 7.88.